The average Bonchev–Trinajstić information content (AvgIpc) is 2.74. The first-order valence-corrected chi connectivity index (χ1v) is 11.0. The highest BCUT2D eigenvalue weighted by atomic mass is 16.5. The van der Waals surface area contributed by atoms with Gasteiger partial charge in [-0.15, -0.1) is 0 Å². The number of hydrogen-bond acceptors (Lipinski definition) is 5. The minimum Gasteiger partial charge on any atom is -0.491 e. The van der Waals surface area contributed by atoms with Gasteiger partial charge in [-0.1, -0.05) is 42.5 Å². The lowest BCUT2D eigenvalue weighted by Gasteiger charge is -2.60. The zero-order chi connectivity index (χ0) is 21.4. The van der Waals surface area contributed by atoms with Gasteiger partial charge in [0.25, 0.3) is 0 Å². The molecule has 31 heavy (non-hydrogen) atoms. The molecule has 2 heterocycles. The van der Waals surface area contributed by atoms with Gasteiger partial charge in [0, 0.05) is 38.1 Å². The molecule has 2 N–H and O–H groups in total. The van der Waals surface area contributed by atoms with Gasteiger partial charge in [0.2, 0.25) is 0 Å². The maximum absolute atomic E-state index is 10.4. The Kier molecular flexibility index (Phi) is 5.44. The lowest BCUT2D eigenvalue weighted by molar-refractivity contribution is -0.116. The number of fused-ring (bicyclic) bond motifs is 1. The van der Waals surface area contributed by atoms with E-state index in [4.69, 9.17) is 4.74 Å². The summed E-state index contributed by atoms with van der Waals surface area (Å²) < 4.78 is 5.89. The van der Waals surface area contributed by atoms with Crippen LogP contribution in [0.1, 0.15) is 5.56 Å². The van der Waals surface area contributed by atoms with Gasteiger partial charge in [0.15, 0.2) is 0 Å². The van der Waals surface area contributed by atoms with Crippen molar-refractivity contribution in [2.24, 2.45) is 5.41 Å². The molecule has 0 aliphatic carbocycles. The van der Waals surface area contributed by atoms with Gasteiger partial charge < -0.3 is 19.8 Å². The normalized spacial score (nSPS) is 19.2. The van der Waals surface area contributed by atoms with Crippen molar-refractivity contribution < 1.29 is 14.9 Å². The van der Waals surface area contributed by atoms with E-state index in [0.717, 1.165) is 46.3 Å². The number of hydrogen-bond donors (Lipinski definition) is 2. The third kappa shape index (κ3) is 4.19. The van der Waals surface area contributed by atoms with E-state index in [-0.39, 0.29) is 6.61 Å². The summed E-state index contributed by atoms with van der Waals surface area (Å²) in [4.78, 5) is 4.68. The second-order valence-electron chi connectivity index (χ2n) is 9.35. The highest BCUT2D eigenvalue weighted by Gasteiger charge is 2.50. The topological polar surface area (TPSA) is 56.2 Å². The van der Waals surface area contributed by atoms with Crippen LogP contribution in [0.2, 0.25) is 0 Å². The van der Waals surface area contributed by atoms with E-state index >= 15 is 0 Å². The van der Waals surface area contributed by atoms with Crippen LogP contribution in [-0.2, 0) is 6.61 Å². The fourth-order valence-corrected chi connectivity index (χ4v) is 5.29. The molecule has 162 valence electrons. The number of rotatable bonds is 7. The molecule has 3 aromatic rings. The molecular weight excluding hydrogens is 388 g/mol. The number of aliphatic hydroxyl groups excluding tert-OH is 2. The van der Waals surface area contributed by atoms with Gasteiger partial charge in [0.1, 0.15) is 18.5 Å². The summed E-state index contributed by atoms with van der Waals surface area (Å²) in [6, 6.07) is 20.2. The third-order valence-electron chi connectivity index (χ3n) is 6.55. The first kappa shape index (κ1) is 20.5. The van der Waals surface area contributed by atoms with E-state index < -0.39 is 6.10 Å². The quantitative estimate of drug-likeness (QED) is 0.618. The number of likely N-dealkylation sites (tertiary alicyclic amines) is 2. The van der Waals surface area contributed by atoms with Crippen molar-refractivity contribution in [3.63, 3.8) is 0 Å². The van der Waals surface area contributed by atoms with Gasteiger partial charge in [-0.05, 0) is 52.7 Å². The molecule has 2 saturated heterocycles. The van der Waals surface area contributed by atoms with Crippen molar-refractivity contribution in [3.8, 4) is 16.9 Å². The largest absolute Gasteiger partial charge is 0.491 e. The minimum absolute atomic E-state index is 0.0266. The lowest BCUT2D eigenvalue weighted by atomic mass is 9.73. The highest BCUT2D eigenvalue weighted by molar-refractivity contribution is 5.88. The molecule has 0 aromatic heterocycles. The van der Waals surface area contributed by atoms with Crippen LogP contribution in [0.15, 0.2) is 60.7 Å². The summed E-state index contributed by atoms with van der Waals surface area (Å²) in [5.74, 6) is 0.774. The molecule has 5 nitrogen and oxygen atoms in total. The molecule has 2 aliphatic heterocycles. The summed E-state index contributed by atoms with van der Waals surface area (Å²) in [7, 11) is 2.16. The number of ether oxygens (including phenoxy) is 1. The van der Waals surface area contributed by atoms with E-state index in [1.54, 1.807) is 0 Å². The Balaban J connectivity index is 1.19. The molecule has 2 fully saturated rings. The monoisotopic (exact) mass is 418 g/mol. The summed E-state index contributed by atoms with van der Waals surface area (Å²) in [5, 5.41) is 22.2. The van der Waals surface area contributed by atoms with E-state index in [1.165, 1.54) is 13.1 Å². The summed E-state index contributed by atoms with van der Waals surface area (Å²) in [6.45, 7) is 5.54. The first-order chi connectivity index (χ1) is 15.0. The molecule has 1 unspecified atom stereocenters. The van der Waals surface area contributed by atoms with Crippen LogP contribution in [0.5, 0.6) is 5.75 Å². The van der Waals surface area contributed by atoms with Crippen LogP contribution in [0.4, 0.5) is 0 Å². The van der Waals surface area contributed by atoms with Gasteiger partial charge in [-0.25, -0.2) is 0 Å². The predicted octanol–water partition coefficient (Wildman–Crippen LogP) is 2.99. The van der Waals surface area contributed by atoms with Crippen LogP contribution in [0.25, 0.3) is 21.9 Å². The molecule has 1 spiro atoms. The van der Waals surface area contributed by atoms with E-state index in [0.29, 0.717) is 18.6 Å². The first-order valence-electron chi connectivity index (χ1n) is 11.0. The number of β-amino-alcohol motifs (C(OH)–C–C–N with tert-alkyl or cyclic N) is 1. The Hall–Kier alpha value is -2.44. The van der Waals surface area contributed by atoms with Crippen molar-refractivity contribution >= 4 is 10.8 Å². The number of nitrogens with zero attached hydrogens (tertiary/aromatic N) is 2. The van der Waals surface area contributed by atoms with Gasteiger partial charge in [0.05, 0.1) is 6.61 Å². The zero-order valence-electron chi connectivity index (χ0n) is 18.0. The smallest absolute Gasteiger partial charge is 0.120 e. The van der Waals surface area contributed by atoms with Crippen molar-refractivity contribution in [3.05, 3.63) is 66.2 Å². The Morgan fingerprint density at radius 1 is 0.968 bits per heavy atom. The van der Waals surface area contributed by atoms with Crippen molar-refractivity contribution in [1.82, 2.24) is 9.80 Å². The highest BCUT2D eigenvalue weighted by Crippen LogP contribution is 2.38. The van der Waals surface area contributed by atoms with Gasteiger partial charge in [-0.3, -0.25) is 4.90 Å². The van der Waals surface area contributed by atoms with Crippen LogP contribution in [0, 0.1) is 5.41 Å². The van der Waals surface area contributed by atoms with Crippen LogP contribution in [-0.4, -0.2) is 72.5 Å². The average molecular weight is 419 g/mol. The molecule has 5 rings (SSSR count). The Morgan fingerprint density at radius 2 is 1.71 bits per heavy atom. The Morgan fingerprint density at radius 3 is 2.48 bits per heavy atom. The number of benzene rings is 3. The second-order valence-corrected chi connectivity index (χ2v) is 9.35. The minimum atomic E-state index is -0.483. The third-order valence-corrected chi connectivity index (χ3v) is 6.55. The molecule has 3 aromatic carbocycles. The molecule has 0 radical (unpaired) electrons. The predicted molar refractivity (Wildman–Crippen MR) is 123 cm³/mol. The van der Waals surface area contributed by atoms with Crippen LogP contribution in [0.3, 0.4) is 0 Å². The van der Waals surface area contributed by atoms with Crippen LogP contribution < -0.4 is 4.74 Å². The number of aliphatic hydroxyl groups is 2. The zero-order valence-corrected chi connectivity index (χ0v) is 18.0. The van der Waals surface area contributed by atoms with Crippen molar-refractivity contribution in [1.29, 1.82) is 0 Å². The molecule has 5 heteroatoms. The molecular formula is C26H30N2O3. The Bertz CT molecular complexity index is 1070. The molecule has 0 bridgehead atoms. The van der Waals surface area contributed by atoms with Gasteiger partial charge >= 0.3 is 0 Å². The second kappa shape index (κ2) is 8.24. The summed E-state index contributed by atoms with van der Waals surface area (Å²) >= 11 is 0. The van der Waals surface area contributed by atoms with Gasteiger partial charge in [-0.2, -0.15) is 0 Å². The Labute approximate surface area is 183 Å². The summed E-state index contributed by atoms with van der Waals surface area (Å²) in [5.41, 5.74) is 3.56. The van der Waals surface area contributed by atoms with E-state index in [1.807, 2.05) is 42.5 Å². The van der Waals surface area contributed by atoms with Crippen molar-refractivity contribution in [2.75, 3.05) is 46.4 Å². The van der Waals surface area contributed by atoms with Crippen LogP contribution >= 0.6 is 0 Å². The maximum atomic E-state index is 10.4. The fraction of sp³-hybridized carbons (Fsp3) is 0.385. The molecule has 2 aliphatic rings. The molecule has 0 saturated carbocycles. The van der Waals surface area contributed by atoms with E-state index in [2.05, 4.69) is 35.0 Å². The van der Waals surface area contributed by atoms with E-state index in [9.17, 15) is 10.2 Å². The standard InChI is InChI=1S/C26H30N2O3/c1-27-15-26(16-27)17-28(18-26)12-23(30)14-31-24-9-8-19-10-21(7-6-20(19)11-24)25-5-3-2-4-22(25)13-29/h2-11,23,29-30H,12-18H2,1H3. The van der Waals surface area contributed by atoms with Crippen molar-refractivity contribution in [2.45, 2.75) is 12.7 Å². The summed E-state index contributed by atoms with van der Waals surface area (Å²) in [6.07, 6.45) is -0.483. The molecule has 0 amide bonds. The fourth-order valence-electron chi connectivity index (χ4n) is 5.29. The SMILES string of the molecule is CN1CC2(C1)CN(CC(O)COc1ccc3cc(-c4ccccc4CO)ccc3c1)C2. The lowest BCUT2D eigenvalue weighted by Crippen LogP contribution is -2.71. The maximum Gasteiger partial charge on any atom is 0.120 e. The molecule has 1 atom stereocenters.